The Balaban J connectivity index is 1.09. The van der Waals surface area contributed by atoms with Crippen molar-refractivity contribution in [2.75, 3.05) is 0 Å². The standard InChI is InChI=1S/C58H34N4O/c1-3-17-35(18-4-1)55-59-56(36-19-5-2-6-20-36)61-57(60-55)43-32-34-49(52-42-25-11-16-30-50(42)63-54(43)52)62-47-29-15-10-24-41(47)51-48(62)33-31-40-39-23-9-14-28-46(39)58(53(40)51)44-26-12-7-21-37(44)38-22-8-13-27-45(38)58/h1-34H. The molecule has 0 N–H and O–H groups in total. The van der Waals surface area contributed by atoms with Crippen LogP contribution >= 0.6 is 0 Å². The molecular weight excluding hydrogens is 769 g/mol. The lowest BCUT2D eigenvalue weighted by Crippen LogP contribution is -2.26. The van der Waals surface area contributed by atoms with Crippen LogP contribution in [0.15, 0.2) is 211 Å². The van der Waals surface area contributed by atoms with Crippen LogP contribution < -0.4 is 0 Å². The van der Waals surface area contributed by atoms with E-state index in [2.05, 4.69) is 144 Å². The van der Waals surface area contributed by atoms with E-state index >= 15 is 0 Å². The van der Waals surface area contributed by atoms with E-state index in [1.165, 1.54) is 55.3 Å². The van der Waals surface area contributed by atoms with E-state index in [1.807, 2.05) is 66.7 Å². The Morgan fingerprint density at radius 2 is 0.873 bits per heavy atom. The number of hydrogen-bond donors (Lipinski definition) is 0. The summed E-state index contributed by atoms with van der Waals surface area (Å²) in [6, 6.07) is 73.7. The van der Waals surface area contributed by atoms with Crippen molar-refractivity contribution in [3.63, 3.8) is 0 Å². The van der Waals surface area contributed by atoms with Crippen LogP contribution in [0.3, 0.4) is 0 Å². The summed E-state index contributed by atoms with van der Waals surface area (Å²) < 4.78 is 9.41. The fraction of sp³-hybridized carbons (Fsp3) is 0.0172. The smallest absolute Gasteiger partial charge is 0.167 e. The largest absolute Gasteiger partial charge is 0.455 e. The Morgan fingerprint density at radius 1 is 0.365 bits per heavy atom. The van der Waals surface area contributed by atoms with Gasteiger partial charge in [-0.3, -0.25) is 0 Å². The molecule has 0 amide bonds. The van der Waals surface area contributed by atoms with E-state index < -0.39 is 5.41 Å². The second-order valence-electron chi connectivity index (χ2n) is 16.6. The topological polar surface area (TPSA) is 56.7 Å². The maximum absolute atomic E-state index is 6.95. The quantitative estimate of drug-likeness (QED) is 0.178. The normalized spacial score (nSPS) is 13.2. The van der Waals surface area contributed by atoms with Crippen LogP contribution in [0.2, 0.25) is 0 Å². The lowest BCUT2D eigenvalue weighted by atomic mass is 9.69. The molecule has 9 aromatic carbocycles. The van der Waals surface area contributed by atoms with Gasteiger partial charge in [-0.25, -0.2) is 15.0 Å². The second kappa shape index (κ2) is 12.8. The molecule has 3 aromatic heterocycles. The van der Waals surface area contributed by atoms with Crippen molar-refractivity contribution < 1.29 is 4.42 Å². The summed E-state index contributed by atoms with van der Waals surface area (Å²) in [5.41, 5.74) is 17.4. The minimum Gasteiger partial charge on any atom is -0.455 e. The molecule has 0 fully saturated rings. The summed E-state index contributed by atoms with van der Waals surface area (Å²) in [4.78, 5) is 15.3. The first-order valence-electron chi connectivity index (χ1n) is 21.5. The molecule has 0 aliphatic heterocycles. The average Bonchev–Trinajstić information content (AvgIpc) is 4.08. The zero-order valence-electron chi connectivity index (χ0n) is 33.8. The predicted octanol–water partition coefficient (Wildman–Crippen LogP) is 14.2. The van der Waals surface area contributed by atoms with Gasteiger partial charge in [0.15, 0.2) is 17.5 Å². The van der Waals surface area contributed by atoms with Gasteiger partial charge < -0.3 is 8.98 Å². The highest BCUT2D eigenvalue weighted by atomic mass is 16.3. The van der Waals surface area contributed by atoms with Crippen molar-refractivity contribution in [2.45, 2.75) is 5.41 Å². The molecule has 63 heavy (non-hydrogen) atoms. The predicted molar refractivity (Wildman–Crippen MR) is 254 cm³/mol. The van der Waals surface area contributed by atoms with Gasteiger partial charge in [-0.2, -0.15) is 0 Å². The second-order valence-corrected chi connectivity index (χ2v) is 16.6. The van der Waals surface area contributed by atoms with Gasteiger partial charge >= 0.3 is 0 Å². The van der Waals surface area contributed by atoms with Gasteiger partial charge in [0.25, 0.3) is 0 Å². The number of aromatic nitrogens is 4. The first-order chi connectivity index (χ1) is 31.3. The fourth-order valence-electron chi connectivity index (χ4n) is 11.0. The summed E-state index contributed by atoms with van der Waals surface area (Å²) in [6.45, 7) is 0. The minimum atomic E-state index is -0.499. The van der Waals surface area contributed by atoms with Crippen molar-refractivity contribution in [3.05, 3.63) is 229 Å². The Kier molecular flexibility index (Phi) is 6.97. The fourth-order valence-corrected chi connectivity index (χ4v) is 11.0. The Bertz CT molecular complexity index is 3740. The molecule has 3 heterocycles. The van der Waals surface area contributed by atoms with Gasteiger partial charge in [0, 0.05) is 27.3 Å². The number of para-hydroxylation sites is 2. The first-order valence-corrected chi connectivity index (χ1v) is 21.5. The number of furan rings is 1. The molecule has 0 saturated carbocycles. The van der Waals surface area contributed by atoms with E-state index in [-0.39, 0.29) is 0 Å². The summed E-state index contributed by atoms with van der Waals surface area (Å²) >= 11 is 0. The lowest BCUT2D eigenvalue weighted by molar-refractivity contribution is 0.669. The van der Waals surface area contributed by atoms with Crippen LogP contribution in [0.1, 0.15) is 22.3 Å². The molecular formula is C58H34N4O. The molecule has 12 aromatic rings. The van der Waals surface area contributed by atoms with Gasteiger partial charge in [0.05, 0.1) is 33.1 Å². The van der Waals surface area contributed by atoms with Crippen molar-refractivity contribution in [3.8, 4) is 62.1 Å². The van der Waals surface area contributed by atoms with E-state index in [0.29, 0.717) is 17.5 Å². The van der Waals surface area contributed by atoms with Crippen molar-refractivity contribution in [1.82, 2.24) is 19.5 Å². The van der Waals surface area contributed by atoms with Crippen molar-refractivity contribution >= 4 is 43.7 Å². The third-order valence-corrected chi connectivity index (χ3v) is 13.5. The lowest BCUT2D eigenvalue weighted by Gasteiger charge is -2.31. The van der Waals surface area contributed by atoms with Crippen LogP contribution in [-0.2, 0) is 5.41 Å². The molecule has 0 radical (unpaired) electrons. The molecule has 0 unspecified atom stereocenters. The highest BCUT2D eigenvalue weighted by molar-refractivity contribution is 6.19. The molecule has 0 saturated heterocycles. The molecule has 0 bridgehead atoms. The van der Waals surface area contributed by atoms with E-state index in [1.54, 1.807) is 0 Å². The van der Waals surface area contributed by atoms with Crippen molar-refractivity contribution in [2.24, 2.45) is 0 Å². The molecule has 2 aliphatic rings. The van der Waals surface area contributed by atoms with Crippen LogP contribution in [-0.4, -0.2) is 19.5 Å². The maximum atomic E-state index is 6.95. The van der Waals surface area contributed by atoms with Crippen LogP contribution in [0.5, 0.6) is 0 Å². The van der Waals surface area contributed by atoms with Gasteiger partial charge in [-0.1, -0.05) is 176 Å². The van der Waals surface area contributed by atoms with E-state index in [4.69, 9.17) is 19.4 Å². The van der Waals surface area contributed by atoms with Gasteiger partial charge in [-0.05, 0) is 74.8 Å². The summed E-state index contributed by atoms with van der Waals surface area (Å²) in [5, 5.41) is 4.50. The number of benzene rings is 9. The Hall–Kier alpha value is -8.41. The SMILES string of the molecule is c1ccc(-c2nc(-c3ccccc3)nc(-c3ccc(-n4c5ccccc5c5c6c(ccc54)-c4ccccc4C64c5ccccc5-c5ccccc54)c4c3oc3ccccc34)n2)cc1. The Morgan fingerprint density at radius 3 is 1.52 bits per heavy atom. The van der Waals surface area contributed by atoms with Gasteiger partial charge in [0.2, 0.25) is 0 Å². The monoisotopic (exact) mass is 802 g/mol. The molecule has 292 valence electrons. The van der Waals surface area contributed by atoms with Gasteiger partial charge in [-0.15, -0.1) is 0 Å². The molecule has 2 aliphatic carbocycles. The summed E-state index contributed by atoms with van der Waals surface area (Å²) in [5.74, 6) is 1.76. The van der Waals surface area contributed by atoms with Crippen LogP contribution in [0.4, 0.5) is 0 Å². The maximum Gasteiger partial charge on any atom is 0.167 e. The highest BCUT2D eigenvalue weighted by Gasteiger charge is 2.52. The zero-order chi connectivity index (χ0) is 41.2. The van der Waals surface area contributed by atoms with Crippen LogP contribution in [0.25, 0.3) is 106 Å². The first kappa shape index (κ1) is 34.3. The average molecular weight is 803 g/mol. The number of fused-ring (bicyclic) bond motifs is 17. The minimum absolute atomic E-state index is 0.499. The highest BCUT2D eigenvalue weighted by Crippen LogP contribution is 2.64. The zero-order valence-corrected chi connectivity index (χ0v) is 33.8. The van der Waals surface area contributed by atoms with E-state index in [0.717, 1.165) is 55.3 Å². The third kappa shape index (κ3) is 4.57. The Labute approximate surface area is 362 Å². The molecule has 1 spiro atoms. The van der Waals surface area contributed by atoms with Gasteiger partial charge in [0.1, 0.15) is 11.2 Å². The molecule has 5 nitrogen and oxygen atoms in total. The third-order valence-electron chi connectivity index (χ3n) is 13.5. The number of nitrogens with zero attached hydrogens (tertiary/aromatic N) is 4. The summed E-state index contributed by atoms with van der Waals surface area (Å²) in [6.07, 6.45) is 0. The van der Waals surface area contributed by atoms with Crippen LogP contribution in [0, 0.1) is 0 Å². The summed E-state index contributed by atoms with van der Waals surface area (Å²) in [7, 11) is 0. The molecule has 5 heteroatoms. The number of hydrogen-bond acceptors (Lipinski definition) is 4. The van der Waals surface area contributed by atoms with Crippen molar-refractivity contribution in [1.29, 1.82) is 0 Å². The molecule has 14 rings (SSSR count). The molecule has 0 atom stereocenters. The van der Waals surface area contributed by atoms with E-state index in [9.17, 15) is 0 Å². The number of rotatable bonds is 4.